The first kappa shape index (κ1) is 60.4. The van der Waals surface area contributed by atoms with Crippen molar-refractivity contribution in [1.29, 1.82) is 0 Å². The Hall–Kier alpha value is -5.15. The number of anilines is 1. The summed E-state index contributed by atoms with van der Waals surface area (Å²) in [5, 5.41) is 29.5. The van der Waals surface area contributed by atoms with Crippen LogP contribution in [0.5, 0.6) is 0 Å². The molecule has 0 unspecified atom stereocenters. The number of nitro benzene ring substituents is 1. The van der Waals surface area contributed by atoms with Gasteiger partial charge in [-0.25, -0.2) is 9.69 Å². The third kappa shape index (κ3) is 15.5. The summed E-state index contributed by atoms with van der Waals surface area (Å²) >= 11 is 22.5. The van der Waals surface area contributed by atoms with Crippen LogP contribution in [0.3, 0.4) is 0 Å². The van der Waals surface area contributed by atoms with Crippen LogP contribution in [0.25, 0.3) is 32.6 Å². The molecule has 2 aromatic heterocycles. The summed E-state index contributed by atoms with van der Waals surface area (Å²) in [5.74, 6) is 1.20. The van der Waals surface area contributed by atoms with Crippen molar-refractivity contribution in [1.82, 2.24) is 20.4 Å². The Kier molecular flexibility index (Phi) is 21.0. The zero-order valence-corrected chi connectivity index (χ0v) is 49.1. The average Bonchev–Trinajstić information content (AvgIpc) is 4.01. The van der Waals surface area contributed by atoms with Crippen LogP contribution in [0.4, 0.5) is 22.7 Å². The smallest absolute Gasteiger partial charge is 0.269 e. The number of nitrogen functional groups attached to an aromatic ring is 1. The van der Waals surface area contributed by atoms with Crippen molar-refractivity contribution in [2.45, 2.75) is 142 Å². The first-order valence-electron chi connectivity index (χ1n) is 23.6. The number of hydrogen-bond donors (Lipinski definition) is 1. The minimum absolute atomic E-state index is 0.0111. The zero-order chi connectivity index (χ0) is 54.8. The second kappa shape index (κ2) is 25.4. The van der Waals surface area contributed by atoms with E-state index in [1.165, 1.54) is 12.1 Å². The van der Waals surface area contributed by atoms with E-state index in [1.54, 1.807) is 24.3 Å². The van der Waals surface area contributed by atoms with Crippen molar-refractivity contribution in [3.63, 3.8) is 0 Å². The molecule has 2 N–H and O–H groups in total. The molecule has 0 fully saturated rings. The monoisotopic (exact) mass is 1110 g/mol. The normalized spacial score (nSPS) is 13.5. The maximum Gasteiger partial charge on any atom is 0.269 e. The number of benzene rings is 4. The SMILES string of the molecule is ClCCl.[C-]#[N+]c1ccc(C[C@@H](c2nnc(-c3ccc(N)cc3)o2)[C@H](C)O[Si](C)(C)C(C)(C)C)c(C)c1Cl.[C-]#[N+]c1ccc(C[C@@H](c2nnc(-c3ccc([N+](=O)[O-])cc3)o2)[C@H](C)O[Si](C)(C)C(C)(C)C)c(C)c1Cl. The molecule has 4 atom stereocenters. The van der Waals surface area contributed by atoms with Crippen molar-refractivity contribution in [3.8, 4) is 22.9 Å². The summed E-state index contributed by atoms with van der Waals surface area (Å²) in [6.45, 7) is 44.7. The van der Waals surface area contributed by atoms with Crippen molar-refractivity contribution < 1.29 is 22.6 Å². The van der Waals surface area contributed by atoms with E-state index in [9.17, 15) is 10.1 Å². The Morgan fingerprint density at radius 2 is 1.00 bits per heavy atom. The first-order chi connectivity index (χ1) is 34.0. The molecule has 0 aliphatic rings. The average molecular weight is 1110 g/mol. The Labute approximate surface area is 452 Å². The largest absolute Gasteiger partial charge is 0.420 e. The highest BCUT2D eigenvalue weighted by molar-refractivity contribution is 6.74. The maximum absolute atomic E-state index is 11.0. The van der Waals surface area contributed by atoms with E-state index in [4.69, 9.17) is 83.0 Å². The second-order valence-electron chi connectivity index (χ2n) is 20.8. The molecule has 6 aromatic rings. The molecule has 0 saturated carbocycles. The van der Waals surface area contributed by atoms with E-state index in [0.717, 1.165) is 27.8 Å². The molecule has 0 saturated heterocycles. The molecule has 0 aliphatic carbocycles. The van der Waals surface area contributed by atoms with E-state index in [0.29, 0.717) is 63.2 Å². The fourth-order valence-electron chi connectivity index (χ4n) is 7.22. The lowest BCUT2D eigenvalue weighted by atomic mass is 9.92. The lowest BCUT2D eigenvalue weighted by Gasteiger charge is -2.40. The van der Waals surface area contributed by atoms with Crippen molar-refractivity contribution in [3.05, 3.63) is 150 Å². The van der Waals surface area contributed by atoms with E-state index in [2.05, 4.69) is 105 Å². The number of aromatic nitrogens is 4. The van der Waals surface area contributed by atoms with E-state index in [-0.39, 0.29) is 51.0 Å². The van der Waals surface area contributed by atoms with Crippen molar-refractivity contribution >= 4 is 85.8 Å². The van der Waals surface area contributed by atoms with Gasteiger partial charge in [-0.3, -0.25) is 10.1 Å². The lowest BCUT2D eigenvalue weighted by Crippen LogP contribution is -2.44. The van der Waals surface area contributed by atoms with Crippen LogP contribution in [0.2, 0.25) is 46.3 Å². The third-order valence-electron chi connectivity index (χ3n) is 13.8. The van der Waals surface area contributed by atoms with Crippen LogP contribution in [0.1, 0.15) is 101 Å². The summed E-state index contributed by atoms with van der Waals surface area (Å²) in [5.41, 5.74) is 12.5. The number of hydrogen-bond acceptors (Lipinski definition) is 11. The van der Waals surface area contributed by atoms with Gasteiger partial charge in [-0.15, -0.1) is 43.6 Å². The molecule has 390 valence electrons. The fourth-order valence-corrected chi connectivity index (χ4v) is 10.6. The third-order valence-corrected chi connectivity index (χ3v) is 23.9. The first-order valence-corrected chi connectivity index (χ1v) is 31.2. The van der Waals surface area contributed by atoms with E-state index < -0.39 is 21.6 Å². The standard InChI is InChI=1S/C26H31ClN4O4Si.C26H33ClN4O2Si.CH2Cl2/c1-16-19(11-14-22(28-6)23(16)27)15-21(17(2)35-36(7,8)26(3,4)5)25-30-29-24(34-25)18-9-12-20(13-10-18)31(32)33;1-16-19(11-14-22(29-6)23(16)27)15-21(17(2)33-34(7,8)26(3,4)5)25-31-30-24(32-25)18-9-12-20(28)13-10-18;2-1-3/h9-14,17,21H,15H2,1-5,7-8H3;9-14,17,21H,15,28H2,1-5,7-8H3;1H2/t2*17-,21+;/m00./s1. The Balaban J connectivity index is 0.000000301. The molecule has 0 amide bonds. The number of rotatable bonds is 15. The Morgan fingerprint density at radius 3 is 1.32 bits per heavy atom. The van der Waals surface area contributed by atoms with Gasteiger partial charge in [-0.05, 0) is 135 Å². The quantitative estimate of drug-likeness (QED) is 0.0259. The Bertz CT molecular complexity index is 2900. The minimum Gasteiger partial charge on any atom is -0.420 e. The molecule has 0 aliphatic heterocycles. The number of alkyl halides is 2. The summed E-state index contributed by atoms with van der Waals surface area (Å²) in [7, 11) is -4.17. The second-order valence-corrected chi connectivity index (χ2v) is 31.9. The lowest BCUT2D eigenvalue weighted by molar-refractivity contribution is -0.384. The highest BCUT2D eigenvalue weighted by atomic mass is 35.5. The molecular weight excluding hydrogens is 1040 g/mol. The predicted octanol–water partition coefficient (Wildman–Crippen LogP) is 16.9. The minimum atomic E-state index is -2.11. The molecule has 73 heavy (non-hydrogen) atoms. The number of non-ortho nitro benzene ring substituents is 1. The van der Waals surface area contributed by atoms with Gasteiger partial charge in [0.1, 0.15) is 0 Å². The molecule has 0 spiro atoms. The summed E-state index contributed by atoms with van der Waals surface area (Å²) in [6.07, 6.45) is 0.721. The fraction of sp³-hybridized carbons (Fsp3) is 0.434. The summed E-state index contributed by atoms with van der Waals surface area (Å²) < 4.78 is 25.7. The van der Waals surface area contributed by atoms with Crippen LogP contribution >= 0.6 is 46.4 Å². The van der Waals surface area contributed by atoms with Crippen LogP contribution < -0.4 is 5.73 Å². The molecule has 2 heterocycles. The van der Waals surface area contributed by atoms with Crippen LogP contribution in [-0.2, 0) is 21.7 Å². The van der Waals surface area contributed by atoms with Gasteiger partial charge < -0.3 is 23.4 Å². The molecule has 0 bridgehead atoms. The highest BCUT2D eigenvalue weighted by Crippen LogP contribution is 2.43. The van der Waals surface area contributed by atoms with Gasteiger partial charge in [0.15, 0.2) is 16.6 Å². The number of nitrogens with zero attached hydrogens (tertiary/aromatic N) is 7. The van der Waals surface area contributed by atoms with Gasteiger partial charge in [0.2, 0.25) is 34.9 Å². The van der Waals surface area contributed by atoms with E-state index in [1.807, 2.05) is 57.2 Å². The molecular formula is C53H66Cl4N8O6Si2. The van der Waals surface area contributed by atoms with Gasteiger partial charge in [0.05, 0.1) is 57.5 Å². The maximum atomic E-state index is 11.0. The predicted molar refractivity (Wildman–Crippen MR) is 300 cm³/mol. The molecule has 6 rings (SSSR count). The summed E-state index contributed by atoms with van der Waals surface area (Å²) in [6, 6.07) is 20.7. The van der Waals surface area contributed by atoms with Crippen molar-refractivity contribution in [2.24, 2.45) is 0 Å². The van der Waals surface area contributed by atoms with Gasteiger partial charge >= 0.3 is 0 Å². The van der Waals surface area contributed by atoms with Crippen molar-refractivity contribution in [2.75, 3.05) is 11.1 Å². The van der Waals surface area contributed by atoms with Gasteiger partial charge in [-0.2, -0.15) is 0 Å². The molecule has 14 nitrogen and oxygen atoms in total. The highest BCUT2D eigenvalue weighted by Gasteiger charge is 2.42. The number of halogens is 4. The zero-order valence-electron chi connectivity index (χ0n) is 44.0. The molecule has 4 aromatic carbocycles. The topological polar surface area (TPSA) is 174 Å². The number of nitro groups is 1. The molecule has 20 heteroatoms. The molecule has 0 radical (unpaired) electrons. The van der Waals surface area contributed by atoms with Crippen LogP contribution in [0, 0.1) is 37.1 Å². The summed E-state index contributed by atoms with van der Waals surface area (Å²) in [4.78, 5) is 17.5. The van der Waals surface area contributed by atoms with Crippen LogP contribution in [0.15, 0.2) is 81.6 Å². The van der Waals surface area contributed by atoms with E-state index >= 15 is 0 Å². The Morgan fingerprint density at radius 1 is 0.658 bits per heavy atom. The van der Waals surface area contributed by atoms with Gasteiger partial charge in [-0.1, -0.05) is 89.0 Å². The number of nitrogens with two attached hydrogens (primary N) is 1. The van der Waals surface area contributed by atoms with Gasteiger partial charge in [0.25, 0.3) is 5.69 Å². The van der Waals surface area contributed by atoms with Crippen LogP contribution in [-0.4, -0.2) is 59.5 Å². The van der Waals surface area contributed by atoms with Gasteiger partial charge in [0, 0.05) is 28.9 Å².